The molecule has 0 saturated carbocycles. The highest BCUT2D eigenvalue weighted by molar-refractivity contribution is 8.18. The Morgan fingerprint density at radius 3 is 2.88 bits per heavy atom. The minimum Gasteiger partial charge on any atom is -0.301 e. The first-order chi connectivity index (χ1) is 12.8. The molecule has 1 N–H and O–H groups in total. The van der Waals surface area contributed by atoms with Crippen LogP contribution in [0.25, 0.3) is 17.0 Å². The second-order valence-electron chi connectivity index (χ2n) is 5.81. The second-order valence-corrected chi connectivity index (χ2v) is 6.84. The number of rotatable bonds is 4. The predicted molar refractivity (Wildman–Crippen MR) is 106 cm³/mol. The number of thioether (sulfide) groups is 1. The highest BCUT2D eigenvalue weighted by atomic mass is 32.2. The second kappa shape index (κ2) is 7.49. The molecule has 128 valence electrons. The summed E-state index contributed by atoms with van der Waals surface area (Å²) in [6, 6.07) is 13.8. The van der Waals surface area contributed by atoms with Crippen LogP contribution in [0, 0.1) is 0 Å². The number of benzene rings is 1. The SMILES string of the molecule is O=C1NC(=NCCc2ccncc2)SC1=Cc1ccc2ncccc2c1. The average Bonchev–Trinajstić information content (AvgIpc) is 3.02. The molecule has 3 aromatic rings. The third-order valence-corrected chi connectivity index (χ3v) is 4.93. The topological polar surface area (TPSA) is 67.2 Å². The van der Waals surface area contributed by atoms with Gasteiger partial charge in [-0.15, -0.1) is 0 Å². The van der Waals surface area contributed by atoms with E-state index in [1.54, 1.807) is 18.6 Å². The van der Waals surface area contributed by atoms with Gasteiger partial charge in [-0.25, -0.2) is 0 Å². The Labute approximate surface area is 155 Å². The van der Waals surface area contributed by atoms with Crippen molar-refractivity contribution in [3.05, 3.63) is 77.1 Å². The number of aromatic nitrogens is 2. The van der Waals surface area contributed by atoms with E-state index >= 15 is 0 Å². The van der Waals surface area contributed by atoms with Gasteiger partial charge in [0.05, 0.1) is 10.4 Å². The zero-order valence-corrected chi connectivity index (χ0v) is 14.7. The van der Waals surface area contributed by atoms with Crippen molar-refractivity contribution in [1.29, 1.82) is 0 Å². The van der Waals surface area contributed by atoms with Crippen LogP contribution in [0.2, 0.25) is 0 Å². The molecule has 1 saturated heterocycles. The Morgan fingerprint density at radius 1 is 1.12 bits per heavy atom. The Balaban J connectivity index is 1.46. The van der Waals surface area contributed by atoms with E-state index in [4.69, 9.17) is 0 Å². The minimum absolute atomic E-state index is 0.107. The summed E-state index contributed by atoms with van der Waals surface area (Å²) in [4.78, 5) is 25.6. The lowest BCUT2D eigenvalue weighted by molar-refractivity contribution is -0.115. The molecule has 1 amide bonds. The van der Waals surface area contributed by atoms with Gasteiger partial charge in [-0.05, 0) is 65.7 Å². The smallest absolute Gasteiger partial charge is 0.264 e. The van der Waals surface area contributed by atoms with Crippen LogP contribution in [0.3, 0.4) is 0 Å². The van der Waals surface area contributed by atoms with Gasteiger partial charge in [0.1, 0.15) is 0 Å². The molecule has 3 heterocycles. The molecular formula is C20H16N4OS. The molecule has 4 rings (SSSR count). The van der Waals surface area contributed by atoms with Crippen molar-refractivity contribution in [2.45, 2.75) is 6.42 Å². The van der Waals surface area contributed by atoms with Gasteiger partial charge in [-0.2, -0.15) is 0 Å². The van der Waals surface area contributed by atoms with Gasteiger partial charge >= 0.3 is 0 Å². The molecular weight excluding hydrogens is 344 g/mol. The molecule has 0 bridgehead atoms. The average molecular weight is 360 g/mol. The van der Waals surface area contributed by atoms with Crippen LogP contribution in [0.4, 0.5) is 0 Å². The number of carbonyl (C=O) groups excluding carboxylic acids is 1. The zero-order chi connectivity index (χ0) is 17.8. The van der Waals surface area contributed by atoms with Crippen LogP contribution in [0.15, 0.2) is 71.0 Å². The van der Waals surface area contributed by atoms with Gasteiger partial charge in [-0.3, -0.25) is 19.8 Å². The van der Waals surface area contributed by atoms with E-state index in [9.17, 15) is 4.79 Å². The number of hydrogen-bond acceptors (Lipinski definition) is 5. The van der Waals surface area contributed by atoms with Crippen LogP contribution in [0.5, 0.6) is 0 Å². The van der Waals surface area contributed by atoms with Gasteiger partial charge in [0.2, 0.25) is 0 Å². The molecule has 0 atom stereocenters. The maximum absolute atomic E-state index is 12.2. The summed E-state index contributed by atoms with van der Waals surface area (Å²) < 4.78 is 0. The van der Waals surface area contributed by atoms with Gasteiger partial charge in [0, 0.05) is 30.5 Å². The summed E-state index contributed by atoms with van der Waals surface area (Å²) in [5.74, 6) is -0.107. The van der Waals surface area contributed by atoms with E-state index in [2.05, 4.69) is 20.3 Å². The minimum atomic E-state index is -0.107. The number of pyridine rings is 2. The molecule has 2 aromatic heterocycles. The Bertz CT molecular complexity index is 1010. The van der Waals surface area contributed by atoms with Gasteiger partial charge in [0.25, 0.3) is 5.91 Å². The lowest BCUT2D eigenvalue weighted by Gasteiger charge is -1.99. The number of nitrogens with zero attached hydrogens (tertiary/aromatic N) is 3. The van der Waals surface area contributed by atoms with E-state index in [0.29, 0.717) is 16.6 Å². The molecule has 0 unspecified atom stereocenters. The molecule has 6 heteroatoms. The molecule has 0 radical (unpaired) electrons. The highest BCUT2D eigenvalue weighted by Gasteiger charge is 2.23. The number of aliphatic imine (C=N–C) groups is 1. The van der Waals surface area contributed by atoms with Gasteiger partial charge in [0.15, 0.2) is 5.17 Å². The van der Waals surface area contributed by atoms with Crippen LogP contribution >= 0.6 is 11.8 Å². The van der Waals surface area contributed by atoms with Crippen molar-refractivity contribution < 1.29 is 4.79 Å². The standard InChI is InChI=1S/C20H16N4OS/c25-19-18(13-15-3-4-17-16(12-15)2-1-8-22-17)26-20(24-19)23-11-7-14-5-9-21-10-6-14/h1-6,8-10,12-13H,7,11H2,(H,23,24,25). The Hall–Kier alpha value is -2.99. The molecule has 0 aliphatic carbocycles. The van der Waals surface area contributed by atoms with Gasteiger partial charge < -0.3 is 5.32 Å². The molecule has 1 aromatic carbocycles. The van der Waals surface area contributed by atoms with Crippen molar-refractivity contribution in [3.63, 3.8) is 0 Å². The lowest BCUT2D eigenvalue weighted by atomic mass is 10.1. The van der Waals surface area contributed by atoms with Crippen molar-refractivity contribution in [2.75, 3.05) is 6.54 Å². The molecule has 0 spiro atoms. The number of amidine groups is 1. The highest BCUT2D eigenvalue weighted by Crippen LogP contribution is 2.26. The summed E-state index contributed by atoms with van der Waals surface area (Å²) >= 11 is 1.38. The third kappa shape index (κ3) is 3.81. The van der Waals surface area contributed by atoms with Crippen LogP contribution in [-0.2, 0) is 11.2 Å². The first-order valence-corrected chi connectivity index (χ1v) is 9.09. The number of nitrogens with one attached hydrogen (secondary N) is 1. The fourth-order valence-electron chi connectivity index (χ4n) is 2.67. The largest absolute Gasteiger partial charge is 0.301 e. The molecule has 1 aliphatic rings. The summed E-state index contributed by atoms with van der Waals surface area (Å²) in [5, 5.41) is 4.53. The summed E-state index contributed by atoms with van der Waals surface area (Å²) in [7, 11) is 0. The van der Waals surface area contributed by atoms with Gasteiger partial charge in [-0.1, -0.05) is 12.1 Å². The predicted octanol–water partition coefficient (Wildman–Crippen LogP) is 3.43. The quantitative estimate of drug-likeness (QED) is 0.724. The van der Waals surface area contributed by atoms with E-state index in [-0.39, 0.29) is 5.91 Å². The maximum Gasteiger partial charge on any atom is 0.264 e. The van der Waals surface area contributed by atoms with E-state index in [0.717, 1.165) is 22.9 Å². The maximum atomic E-state index is 12.2. The van der Waals surface area contributed by atoms with E-state index in [1.807, 2.05) is 48.5 Å². The monoisotopic (exact) mass is 360 g/mol. The summed E-state index contributed by atoms with van der Waals surface area (Å²) in [6.07, 6.45) is 8.02. The number of hydrogen-bond donors (Lipinski definition) is 1. The lowest BCUT2D eigenvalue weighted by Crippen LogP contribution is -2.20. The third-order valence-electron chi connectivity index (χ3n) is 3.98. The first-order valence-electron chi connectivity index (χ1n) is 8.27. The van der Waals surface area contributed by atoms with Crippen molar-refractivity contribution in [3.8, 4) is 0 Å². The fraction of sp³-hybridized carbons (Fsp3) is 0.100. The molecule has 1 fully saturated rings. The van der Waals surface area contributed by atoms with Crippen LogP contribution in [-0.4, -0.2) is 27.6 Å². The first kappa shape index (κ1) is 16.5. The summed E-state index contributed by atoms with van der Waals surface area (Å²) in [5.41, 5.74) is 3.09. The Kier molecular flexibility index (Phi) is 4.75. The van der Waals surface area contributed by atoms with Crippen molar-refractivity contribution in [2.24, 2.45) is 4.99 Å². The van der Waals surface area contributed by atoms with Crippen molar-refractivity contribution >= 4 is 39.8 Å². The molecule has 26 heavy (non-hydrogen) atoms. The molecule has 1 aliphatic heterocycles. The summed E-state index contributed by atoms with van der Waals surface area (Å²) in [6.45, 7) is 0.627. The van der Waals surface area contributed by atoms with E-state index < -0.39 is 0 Å². The zero-order valence-electron chi connectivity index (χ0n) is 13.9. The van der Waals surface area contributed by atoms with Crippen LogP contribution < -0.4 is 5.32 Å². The normalized spacial score (nSPS) is 17.2. The number of carbonyl (C=O) groups is 1. The fourth-order valence-corrected chi connectivity index (χ4v) is 3.52. The number of amides is 1. The van der Waals surface area contributed by atoms with E-state index in [1.165, 1.54) is 17.3 Å². The Morgan fingerprint density at radius 2 is 2.00 bits per heavy atom. The number of fused-ring (bicyclic) bond motifs is 1. The van der Waals surface area contributed by atoms with Crippen molar-refractivity contribution in [1.82, 2.24) is 15.3 Å². The molecule has 5 nitrogen and oxygen atoms in total. The van der Waals surface area contributed by atoms with Crippen LogP contribution in [0.1, 0.15) is 11.1 Å².